The number of halogens is 1. The molecule has 54 valence electrons. The lowest BCUT2D eigenvalue weighted by atomic mass is 10.5. The van der Waals surface area contributed by atoms with Gasteiger partial charge in [0.15, 0.2) is 10.3 Å². The molecule has 0 atom stereocenters. The lowest BCUT2D eigenvalue weighted by Gasteiger charge is -1.91. The van der Waals surface area contributed by atoms with Crippen molar-refractivity contribution in [1.29, 1.82) is 0 Å². The van der Waals surface area contributed by atoms with Gasteiger partial charge in [0.1, 0.15) is 5.70 Å². The number of allylic oxidation sites excluding steroid dienone is 1. The number of rotatable bonds is 0. The molecule has 0 aromatic carbocycles. The van der Waals surface area contributed by atoms with Crippen molar-refractivity contribution in [2.24, 2.45) is 0 Å². The highest BCUT2D eigenvalue weighted by Crippen LogP contribution is 2.18. The van der Waals surface area contributed by atoms with Gasteiger partial charge in [-0.1, -0.05) is 11.6 Å². The molecule has 1 aliphatic rings. The van der Waals surface area contributed by atoms with Crippen LogP contribution in [0.2, 0.25) is 0 Å². The molecule has 0 saturated heterocycles. The first-order chi connectivity index (χ1) is 4.56. The summed E-state index contributed by atoms with van der Waals surface area (Å²) in [6, 6.07) is 0. The second-order valence-electron chi connectivity index (χ2n) is 1.57. The van der Waals surface area contributed by atoms with Crippen LogP contribution in [0.4, 0.5) is 0 Å². The Morgan fingerprint density at radius 3 is 2.40 bits per heavy atom. The smallest absolute Gasteiger partial charge is 0.269 e. The van der Waals surface area contributed by atoms with Gasteiger partial charge in [-0.2, -0.15) is 0 Å². The van der Waals surface area contributed by atoms with E-state index in [0.717, 1.165) is 6.08 Å². The number of nitrogens with one attached hydrogen (secondary N) is 1. The van der Waals surface area contributed by atoms with E-state index < -0.39 is 10.0 Å². The fourth-order valence-electron chi connectivity index (χ4n) is 0.464. The highest BCUT2D eigenvalue weighted by atomic mass is 35.5. The molecule has 0 aromatic heterocycles. The van der Waals surface area contributed by atoms with E-state index in [1.807, 2.05) is 4.72 Å². The van der Waals surface area contributed by atoms with E-state index in [-0.39, 0.29) is 10.1 Å². The van der Waals surface area contributed by atoms with Gasteiger partial charge in [0.2, 0.25) is 0 Å². The van der Waals surface area contributed by atoms with Crippen molar-refractivity contribution in [2.75, 3.05) is 0 Å². The molecule has 10 heavy (non-hydrogen) atoms. The van der Waals surface area contributed by atoms with Crippen molar-refractivity contribution in [2.45, 2.75) is 0 Å². The fourth-order valence-corrected chi connectivity index (χ4v) is 1.45. The first kappa shape index (κ1) is 7.34. The first-order valence-electron chi connectivity index (χ1n) is 2.21. The number of carbonyl (C=O) groups excluding carboxylic acids is 1. The van der Waals surface area contributed by atoms with Crippen molar-refractivity contribution in [3.63, 3.8) is 0 Å². The van der Waals surface area contributed by atoms with E-state index in [1.165, 1.54) is 5.94 Å². The lowest BCUT2D eigenvalue weighted by Crippen LogP contribution is -2.15. The summed E-state index contributed by atoms with van der Waals surface area (Å²) in [4.78, 5) is 9.85. The highest BCUT2D eigenvalue weighted by Gasteiger charge is 2.23. The molecule has 0 radical (unpaired) electrons. The Kier molecular flexibility index (Phi) is 1.56. The predicted molar refractivity (Wildman–Crippen MR) is 35.2 cm³/mol. The average molecular weight is 180 g/mol. The first-order valence-corrected chi connectivity index (χ1v) is 4.07. The summed E-state index contributed by atoms with van der Waals surface area (Å²) >= 11 is 5.19. The van der Waals surface area contributed by atoms with Crippen molar-refractivity contribution < 1.29 is 13.2 Å². The number of hydrogen-bond donors (Lipinski definition) is 1. The van der Waals surface area contributed by atoms with Crippen LogP contribution in [0, 0.1) is 0 Å². The van der Waals surface area contributed by atoms with Crippen LogP contribution in [-0.4, -0.2) is 14.4 Å². The Morgan fingerprint density at radius 1 is 1.60 bits per heavy atom. The molecular formula is C4H2ClNO3S. The zero-order valence-corrected chi connectivity index (χ0v) is 6.16. The van der Waals surface area contributed by atoms with E-state index in [9.17, 15) is 13.2 Å². The zero-order chi connectivity index (χ0) is 7.78. The van der Waals surface area contributed by atoms with Gasteiger partial charge in [0.05, 0.1) is 0 Å². The Bertz CT molecular complexity index is 336. The van der Waals surface area contributed by atoms with Crippen LogP contribution in [0.3, 0.4) is 0 Å². The maximum Gasteiger partial charge on any atom is 0.273 e. The quantitative estimate of drug-likeness (QED) is 0.520. The van der Waals surface area contributed by atoms with E-state index in [1.54, 1.807) is 0 Å². The summed E-state index contributed by atoms with van der Waals surface area (Å²) in [5.41, 5.74) is -0.162. The Hall–Kier alpha value is -0.770. The summed E-state index contributed by atoms with van der Waals surface area (Å²) in [5.74, 6) is 1.37. The van der Waals surface area contributed by atoms with Gasteiger partial charge in [0, 0.05) is 6.08 Å². The third-order valence-corrected chi connectivity index (χ3v) is 2.71. The van der Waals surface area contributed by atoms with Crippen LogP contribution in [0.15, 0.2) is 16.1 Å². The molecule has 0 bridgehead atoms. The van der Waals surface area contributed by atoms with E-state index in [4.69, 9.17) is 11.6 Å². The van der Waals surface area contributed by atoms with Crippen molar-refractivity contribution in [1.82, 2.24) is 4.72 Å². The molecule has 1 N–H and O–H groups in total. The van der Waals surface area contributed by atoms with Gasteiger partial charge in [-0.15, -0.1) is 0 Å². The summed E-state index contributed by atoms with van der Waals surface area (Å²) in [5, 5.41) is 0. The SMILES string of the molecule is O=C=C1C=C(Cl)S(=O)(=O)N1. The third-order valence-electron chi connectivity index (χ3n) is 0.869. The van der Waals surface area contributed by atoms with Crippen LogP contribution >= 0.6 is 11.6 Å². The Morgan fingerprint density at radius 2 is 2.20 bits per heavy atom. The highest BCUT2D eigenvalue weighted by molar-refractivity contribution is 7.95. The van der Waals surface area contributed by atoms with Crippen molar-refractivity contribution in [3.05, 3.63) is 16.1 Å². The zero-order valence-electron chi connectivity index (χ0n) is 4.59. The molecular weight excluding hydrogens is 178 g/mol. The van der Waals surface area contributed by atoms with Crippen LogP contribution in [0.25, 0.3) is 0 Å². The van der Waals surface area contributed by atoms with Crippen LogP contribution < -0.4 is 4.72 Å². The molecule has 1 aliphatic heterocycles. The van der Waals surface area contributed by atoms with E-state index in [0.29, 0.717) is 0 Å². The predicted octanol–water partition coefficient (Wildman–Crippen LogP) is -0.285. The summed E-state index contributed by atoms with van der Waals surface area (Å²) < 4.78 is 22.7. The molecule has 0 amide bonds. The normalized spacial score (nSPS) is 21.3. The minimum absolute atomic E-state index is 0.162. The van der Waals surface area contributed by atoms with Gasteiger partial charge in [-0.25, -0.2) is 13.2 Å². The van der Waals surface area contributed by atoms with Crippen LogP contribution in [-0.2, 0) is 14.8 Å². The van der Waals surface area contributed by atoms with Crippen LogP contribution in [0.5, 0.6) is 0 Å². The number of sulfonamides is 1. The monoisotopic (exact) mass is 179 g/mol. The van der Waals surface area contributed by atoms with Gasteiger partial charge in [0.25, 0.3) is 10.0 Å². The van der Waals surface area contributed by atoms with Gasteiger partial charge in [-0.3, -0.25) is 4.72 Å². The average Bonchev–Trinajstić information content (AvgIpc) is 2.08. The Labute approximate surface area is 62.2 Å². The molecule has 0 unspecified atom stereocenters. The minimum Gasteiger partial charge on any atom is -0.269 e. The van der Waals surface area contributed by atoms with Gasteiger partial charge in [-0.05, 0) is 0 Å². The molecule has 4 nitrogen and oxygen atoms in total. The van der Waals surface area contributed by atoms with Crippen molar-refractivity contribution >= 4 is 27.6 Å². The standard InChI is InChI=1S/C4H2ClNO3S/c5-4-1-3(2-7)6-10(4,8)9/h1,6H. The fraction of sp³-hybridized carbons (Fsp3) is 0. The maximum absolute atomic E-state index is 10.6. The molecule has 0 spiro atoms. The molecule has 1 heterocycles. The molecule has 0 saturated carbocycles. The molecule has 1 rings (SSSR count). The van der Waals surface area contributed by atoms with E-state index >= 15 is 0 Å². The molecule has 0 aromatic rings. The topological polar surface area (TPSA) is 63.2 Å². The van der Waals surface area contributed by atoms with Gasteiger partial charge >= 0.3 is 0 Å². The van der Waals surface area contributed by atoms with Crippen molar-refractivity contribution in [3.8, 4) is 0 Å². The molecule has 0 fully saturated rings. The molecule has 6 heteroatoms. The third kappa shape index (κ3) is 1.07. The summed E-state index contributed by atoms with van der Waals surface area (Å²) in [6.07, 6.45) is 1.00. The summed E-state index contributed by atoms with van der Waals surface area (Å²) in [6.45, 7) is 0. The minimum atomic E-state index is -3.61. The largest absolute Gasteiger partial charge is 0.273 e. The van der Waals surface area contributed by atoms with E-state index in [2.05, 4.69) is 0 Å². The number of hydrogen-bond acceptors (Lipinski definition) is 3. The second kappa shape index (κ2) is 2.12. The van der Waals surface area contributed by atoms with Crippen LogP contribution in [0.1, 0.15) is 0 Å². The maximum atomic E-state index is 10.6. The summed E-state index contributed by atoms with van der Waals surface area (Å²) in [7, 11) is -3.61. The Balaban J connectivity index is 3.25. The lowest BCUT2D eigenvalue weighted by molar-refractivity contribution is 0.566. The van der Waals surface area contributed by atoms with Gasteiger partial charge < -0.3 is 0 Å². The second-order valence-corrected chi connectivity index (χ2v) is 3.85. The molecule has 0 aliphatic carbocycles.